The first-order valence-corrected chi connectivity index (χ1v) is 9.02. The highest BCUT2D eigenvalue weighted by Crippen LogP contribution is 2.25. The molecule has 0 spiro atoms. The Balaban J connectivity index is 1.59. The molecule has 2 N–H and O–H groups in total. The fraction of sp³-hybridized carbons (Fsp3) is 0.412. The number of hydrogen-bond donors (Lipinski definition) is 2. The number of pyridine rings is 1. The van der Waals surface area contributed by atoms with E-state index in [2.05, 4.69) is 50.0 Å². The molecule has 128 valence electrons. The highest BCUT2D eigenvalue weighted by atomic mass is 32.1. The molecule has 2 aromatic heterocycles. The lowest BCUT2D eigenvalue weighted by Gasteiger charge is -2.37. The molecule has 3 rings (SSSR count). The Morgan fingerprint density at radius 2 is 2.08 bits per heavy atom. The van der Waals surface area contributed by atoms with Crippen LogP contribution in [-0.2, 0) is 0 Å². The third-order valence-corrected chi connectivity index (χ3v) is 5.19. The molecule has 1 saturated heterocycles. The predicted octanol–water partition coefficient (Wildman–Crippen LogP) is 2.25. The Kier molecular flexibility index (Phi) is 5.79. The minimum absolute atomic E-state index is 0.216. The van der Waals surface area contributed by atoms with Gasteiger partial charge in [-0.25, -0.2) is 9.78 Å². The number of piperazine rings is 1. The zero-order chi connectivity index (χ0) is 16.8. The minimum atomic E-state index is -0.218. The van der Waals surface area contributed by atoms with Gasteiger partial charge in [0.15, 0.2) is 0 Å². The SMILES string of the molecule is CN1CCN(C(CNC(=O)Nc2ccccn2)c2cccs2)CC1. The van der Waals surface area contributed by atoms with Crippen molar-refractivity contribution < 1.29 is 4.79 Å². The molecule has 3 heterocycles. The topological polar surface area (TPSA) is 60.5 Å². The summed E-state index contributed by atoms with van der Waals surface area (Å²) in [4.78, 5) is 22.3. The molecule has 2 amide bonds. The number of nitrogens with zero attached hydrogens (tertiary/aromatic N) is 3. The van der Waals surface area contributed by atoms with Crippen LogP contribution in [0.3, 0.4) is 0 Å². The van der Waals surface area contributed by atoms with E-state index in [-0.39, 0.29) is 12.1 Å². The van der Waals surface area contributed by atoms with Gasteiger partial charge >= 0.3 is 6.03 Å². The van der Waals surface area contributed by atoms with Crippen LogP contribution in [0.1, 0.15) is 10.9 Å². The summed E-state index contributed by atoms with van der Waals surface area (Å²) in [6.45, 7) is 4.73. The summed E-state index contributed by atoms with van der Waals surface area (Å²) in [5.74, 6) is 0.558. The summed E-state index contributed by atoms with van der Waals surface area (Å²) in [7, 11) is 2.15. The molecule has 24 heavy (non-hydrogen) atoms. The van der Waals surface area contributed by atoms with Crippen LogP contribution in [0.5, 0.6) is 0 Å². The molecule has 0 aliphatic carbocycles. The average molecular weight is 345 g/mol. The Morgan fingerprint density at radius 1 is 1.25 bits per heavy atom. The lowest BCUT2D eigenvalue weighted by molar-refractivity contribution is 0.113. The molecule has 7 heteroatoms. The zero-order valence-electron chi connectivity index (χ0n) is 13.8. The summed E-state index contributed by atoms with van der Waals surface area (Å²) in [6, 6.07) is 9.65. The second-order valence-electron chi connectivity index (χ2n) is 5.92. The van der Waals surface area contributed by atoms with E-state index in [4.69, 9.17) is 0 Å². The number of anilines is 1. The molecule has 1 aliphatic heterocycles. The molecule has 6 nitrogen and oxygen atoms in total. The lowest BCUT2D eigenvalue weighted by Crippen LogP contribution is -2.48. The Morgan fingerprint density at radius 3 is 2.75 bits per heavy atom. The maximum atomic E-state index is 12.1. The summed E-state index contributed by atoms with van der Waals surface area (Å²) in [5.41, 5.74) is 0. The van der Waals surface area contributed by atoms with Crippen molar-refractivity contribution in [2.45, 2.75) is 6.04 Å². The third kappa shape index (κ3) is 4.53. The van der Waals surface area contributed by atoms with Crippen molar-refractivity contribution >= 4 is 23.2 Å². The number of nitrogens with one attached hydrogen (secondary N) is 2. The summed E-state index contributed by atoms with van der Waals surface area (Å²) < 4.78 is 0. The van der Waals surface area contributed by atoms with Gasteiger partial charge in [0.05, 0.1) is 6.04 Å². The van der Waals surface area contributed by atoms with Crippen molar-refractivity contribution in [1.82, 2.24) is 20.1 Å². The van der Waals surface area contributed by atoms with E-state index in [1.807, 2.05) is 12.1 Å². The van der Waals surface area contributed by atoms with Gasteiger partial charge in [0.1, 0.15) is 5.82 Å². The van der Waals surface area contributed by atoms with Crippen LogP contribution in [0.25, 0.3) is 0 Å². The zero-order valence-corrected chi connectivity index (χ0v) is 14.6. The standard InChI is InChI=1S/C17H23N5OS/c1-21-8-10-22(11-9-21)14(15-5-4-12-24-15)13-19-17(23)20-16-6-2-3-7-18-16/h2-7,12,14H,8-11,13H2,1H3,(H2,18,19,20,23). The average Bonchev–Trinajstić information content (AvgIpc) is 3.12. The Bertz CT molecular complexity index is 626. The highest BCUT2D eigenvalue weighted by molar-refractivity contribution is 7.10. The number of urea groups is 1. The van der Waals surface area contributed by atoms with E-state index >= 15 is 0 Å². The molecule has 1 aliphatic rings. The van der Waals surface area contributed by atoms with E-state index in [0.717, 1.165) is 26.2 Å². The minimum Gasteiger partial charge on any atom is -0.336 e. The number of carbonyl (C=O) groups is 1. The lowest BCUT2D eigenvalue weighted by atomic mass is 10.1. The fourth-order valence-electron chi connectivity index (χ4n) is 2.81. The molecular formula is C17H23N5OS. The van der Waals surface area contributed by atoms with Crippen LogP contribution in [0.2, 0.25) is 0 Å². The molecule has 1 unspecified atom stereocenters. The first-order chi connectivity index (χ1) is 11.7. The van der Waals surface area contributed by atoms with Crippen LogP contribution in [0.15, 0.2) is 41.9 Å². The monoisotopic (exact) mass is 345 g/mol. The molecular weight excluding hydrogens is 322 g/mol. The second-order valence-corrected chi connectivity index (χ2v) is 6.90. The molecule has 0 radical (unpaired) electrons. The van der Waals surface area contributed by atoms with E-state index in [0.29, 0.717) is 12.4 Å². The number of hydrogen-bond acceptors (Lipinski definition) is 5. The summed E-state index contributed by atoms with van der Waals surface area (Å²) in [6.07, 6.45) is 1.66. The quantitative estimate of drug-likeness (QED) is 0.873. The van der Waals surface area contributed by atoms with Crippen LogP contribution in [0.4, 0.5) is 10.6 Å². The van der Waals surface area contributed by atoms with Crippen molar-refractivity contribution in [2.24, 2.45) is 0 Å². The van der Waals surface area contributed by atoms with Crippen molar-refractivity contribution in [2.75, 3.05) is 45.1 Å². The number of carbonyl (C=O) groups excluding carboxylic acids is 1. The molecule has 2 aromatic rings. The van der Waals surface area contributed by atoms with Crippen molar-refractivity contribution in [3.05, 3.63) is 46.8 Å². The maximum absolute atomic E-state index is 12.1. The fourth-order valence-corrected chi connectivity index (χ4v) is 3.67. The number of thiophene rings is 1. The van der Waals surface area contributed by atoms with Crippen LogP contribution in [0, 0.1) is 0 Å². The number of likely N-dealkylation sites (N-methyl/N-ethyl adjacent to an activating group) is 1. The molecule has 0 aromatic carbocycles. The summed E-state index contributed by atoms with van der Waals surface area (Å²) in [5, 5.41) is 7.85. The third-order valence-electron chi connectivity index (χ3n) is 4.21. The smallest absolute Gasteiger partial charge is 0.320 e. The van der Waals surface area contributed by atoms with Gasteiger partial charge in [-0.15, -0.1) is 11.3 Å². The largest absolute Gasteiger partial charge is 0.336 e. The van der Waals surface area contributed by atoms with Crippen LogP contribution >= 0.6 is 11.3 Å². The molecule has 0 saturated carbocycles. The van der Waals surface area contributed by atoms with Crippen molar-refractivity contribution in [3.8, 4) is 0 Å². The van der Waals surface area contributed by atoms with Gasteiger partial charge in [-0.3, -0.25) is 10.2 Å². The van der Waals surface area contributed by atoms with E-state index in [9.17, 15) is 4.79 Å². The van der Waals surface area contributed by atoms with Crippen LogP contribution in [-0.4, -0.2) is 60.6 Å². The number of aromatic nitrogens is 1. The van der Waals surface area contributed by atoms with Gasteiger partial charge in [0.25, 0.3) is 0 Å². The Labute approximate surface area is 146 Å². The van der Waals surface area contributed by atoms with E-state index < -0.39 is 0 Å². The van der Waals surface area contributed by atoms with Gasteiger partial charge in [0, 0.05) is 43.8 Å². The van der Waals surface area contributed by atoms with Crippen LogP contribution < -0.4 is 10.6 Å². The highest BCUT2D eigenvalue weighted by Gasteiger charge is 2.25. The normalized spacial score (nSPS) is 17.4. The van der Waals surface area contributed by atoms with Crippen molar-refractivity contribution in [1.29, 1.82) is 0 Å². The van der Waals surface area contributed by atoms with Crippen molar-refractivity contribution in [3.63, 3.8) is 0 Å². The second kappa shape index (κ2) is 8.23. The van der Waals surface area contributed by atoms with Gasteiger partial charge in [-0.2, -0.15) is 0 Å². The first-order valence-electron chi connectivity index (χ1n) is 8.14. The van der Waals surface area contributed by atoms with E-state index in [1.54, 1.807) is 23.6 Å². The molecule has 0 bridgehead atoms. The Hall–Kier alpha value is -1.96. The first kappa shape index (κ1) is 16.9. The summed E-state index contributed by atoms with van der Waals surface area (Å²) >= 11 is 1.74. The van der Waals surface area contributed by atoms with Gasteiger partial charge in [-0.1, -0.05) is 12.1 Å². The molecule has 1 fully saturated rings. The number of amides is 2. The number of rotatable bonds is 5. The van der Waals surface area contributed by atoms with Gasteiger partial charge < -0.3 is 10.2 Å². The maximum Gasteiger partial charge on any atom is 0.320 e. The molecule has 1 atom stereocenters. The van der Waals surface area contributed by atoms with Gasteiger partial charge in [0.2, 0.25) is 0 Å². The van der Waals surface area contributed by atoms with E-state index in [1.165, 1.54) is 4.88 Å². The van der Waals surface area contributed by atoms with Gasteiger partial charge in [-0.05, 0) is 30.6 Å². The predicted molar refractivity (Wildman–Crippen MR) is 97.4 cm³/mol.